The maximum Gasteiger partial charge on any atom is 0.254 e. The molecule has 0 fully saturated rings. The first kappa shape index (κ1) is 18.1. The number of rotatable bonds is 4. The third-order valence-electron chi connectivity index (χ3n) is 4.25. The number of fused-ring (bicyclic) bond motifs is 1. The van der Waals surface area contributed by atoms with E-state index in [1.54, 1.807) is 18.6 Å². The number of benzene rings is 2. The molecule has 0 radical (unpaired) electrons. The van der Waals surface area contributed by atoms with Gasteiger partial charge in [0.25, 0.3) is 5.91 Å². The summed E-state index contributed by atoms with van der Waals surface area (Å²) in [5.41, 5.74) is 7.18. The maximum absolute atomic E-state index is 12.6. The molecule has 134 valence electrons. The van der Waals surface area contributed by atoms with Crippen molar-refractivity contribution in [2.45, 2.75) is 20.8 Å². The summed E-state index contributed by atoms with van der Waals surface area (Å²) >= 11 is 1.49. The van der Waals surface area contributed by atoms with E-state index in [4.69, 9.17) is 0 Å². The summed E-state index contributed by atoms with van der Waals surface area (Å²) < 4.78 is 0.958. The Hall–Kier alpha value is -2.73. The van der Waals surface area contributed by atoms with Gasteiger partial charge in [-0.25, -0.2) is 4.98 Å². The van der Waals surface area contributed by atoms with Gasteiger partial charge in [-0.2, -0.15) is 0 Å². The van der Waals surface area contributed by atoms with Gasteiger partial charge in [0.1, 0.15) is 0 Å². The normalized spacial score (nSPS) is 10.8. The fourth-order valence-electron chi connectivity index (χ4n) is 3.05. The average molecular weight is 367 g/mol. The SMILES string of the molecule is Cc1cc(C)c(NC(=O)CN(C)C(=O)c2ccc3ncsc3c2)c(C)c1. The highest BCUT2D eigenvalue weighted by Gasteiger charge is 2.17. The number of aromatic nitrogens is 1. The van der Waals surface area contributed by atoms with Crippen molar-refractivity contribution in [1.82, 2.24) is 9.88 Å². The molecule has 0 atom stereocenters. The standard InChI is InChI=1S/C20H21N3O2S/c1-12-7-13(2)19(14(3)8-12)22-18(24)10-23(4)20(25)15-5-6-16-17(9-15)26-11-21-16/h5-9,11H,10H2,1-4H3,(H,22,24). The van der Waals surface area contributed by atoms with Crippen molar-refractivity contribution in [3.8, 4) is 0 Å². The second-order valence-electron chi connectivity index (χ2n) is 6.52. The number of aryl methyl sites for hydroxylation is 3. The second-order valence-corrected chi connectivity index (χ2v) is 7.40. The lowest BCUT2D eigenvalue weighted by molar-refractivity contribution is -0.116. The summed E-state index contributed by atoms with van der Waals surface area (Å²) in [5, 5.41) is 2.93. The molecule has 2 amide bonds. The number of hydrogen-bond donors (Lipinski definition) is 1. The summed E-state index contributed by atoms with van der Waals surface area (Å²) in [5.74, 6) is -0.400. The first-order chi connectivity index (χ1) is 12.3. The molecule has 0 saturated carbocycles. The van der Waals surface area contributed by atoms with Crippen LogP contribution in [0, 0.1) is 20.8 Å². The van der Waals surface area contributed by atoms with Crippen LogP contribution in [0.3, 0.4) is 0 Å². The summed E-state index contributed by atoms with van der Waals surface area (Å²) in [4.78, 5) is 30.7. The van der Waals surface area contributed by atoms with Crippen LogP contribution in [-0.4, -0.2) is 35.3 Å². The molecule has 0 spiro atoms. The molecule has 26 heavy (non-hydrogen) atoms. The first-order valence-corrected chi connectivity index (χ1v) is 9.19. The fourth-order valence-corrected chi connectivity index (χ4v) is 3.77. The van der Waals surface area contributed by atoms with E-state index < -0.39 is 0 Å². The highest BCUT2D eigenvalue weighted by molar-refractivity contribution is 7.16. The number of nitrogens with one attached hydrogen (secondary N) is 1. The van der Waals surface area contributed by atoms with Gasteiger partial charge in [-0.3, -0.25) is 9.59 Å². The van der Waals surface area contributed by atoms with Crippen LogP contribution in [-0.2, 0) is 4.79 Å². The van der Waals surface area contributed by atoms with Crippen molar-refractivity contribution in [3.05, 3.63) is 58.1 Å². The molecule has 1 aromatic heterocycles. The van der Waals surface area contributed by atoms with Crippen molar-refractivity contribution < 1.29 is 9.59 Å². The quantitative estimate of drug-likeness (QED) is 0.760. The Morgan fingerprint density at radius 3 is 2.50 bits per heavy atom. The van der Waals surface area contributed by atoms with E-state index >= 15 is 0 Å². The van der Waals surface area contributed by atoms with Gasteiger partial charge >= 0.3 is 0 Å². The lowest BCUT2D eigenvalue weighted by atomic mass is 10.1. The molecule has 6 heteroatoms. The molecule has 1 heterocycles. The zero-order chi connectivity index (χ0) is 18.8. The highest BCUT2D eigenvalue weighted by atomic mass is 32.1. The van der Waals surface area contributed by atoms with Crippen molar-refractivity contribution >= 4 is 39.1 Å². The maximum atomic E-state index is 12.6. The minimum atomic E-state index is -0.213. The zero-order valence-corrected chi connectivity index (χ0v) is 16.1. The third-order valence-corrected chi connectivity index (χ3v) is 5.04. The number of carbonyl (C=O) groups is 2. The van der Waals surface area contributed by atoms with Crippen LogP contribution in [0.15, 0.2) is 35.8 Å². The van der Waals surface area contributed by atoms with E-state index in [-0.39, 0.29) is 18.4 Å². The van der Waals surface area contributed by atoms with Gasteiger partial charge in [0.15, 0.2) is 0 Å². The van der Waals surface area contributed by atoms with Gasteiger partial charge in [-0.05, 0) is 50.1 Å². The third kappa shape index (κ3) is 3.75. The number of anilines is 1. The first-order valence-electron chi connectivity index (χ1n) is 8.31. The molecule has 0 aliphatic heterocycles. The summed E-state index contributed by atoms with van der Waals surface area (Å²) in [6, 6.07) is 9.45. The second kappa shape index (κ2) is 7.25. The average Bonchev–Trinajstić information content (AvgIpc) is 3.04. The molecule has 0 aliphatic rings. The number of hydrogen-bond acceptors (Lipinski definition) is 4. The number of likely N-dealkylation sites (N-methyl/N-ethyl adjacent to an activating group) is 1. The largest absolute Gasteiger partial charge is 0.332 e. The molecular formula is C20H21N3O2S. The highest BCUT2D eigenvalue weighted by Crippen LogP contribution is 2.22. The Kier molecular flexibility index (Phi) is 5.04. The van der Waals surface area contributed by atoms with Crippen molar-refractivity contribution in [1.29, 1.82) is 0 Å². The number of amides is 2. The van der Waals surface area contributed by atoms with Crippen molar-refractivity contribution in [3.63, 3.8) is 0 Å². The number of nitrogens with zero attached hydrogens (tertiary/aromatic N) is 2. The van der Waals surface area contributed by atoms with E-state index in [1.165, 1.54) is 16.2 Å². The smallest absolute Gasteiger partial charge is 0.254 e. The molecule has 0 bridgehead atoms. The lowest BCUT2D eigenvalue weighted by Crippen LogP contribution is -2.35. The van der Waals surface area contributed by atoms with Crippen LogP contribution in [0.2, 0.25) is 0 Å². The Morgan fingerprint density at radius 1 is 1.12 bits per heavy atom. The molecule has 0 unspecified atom stereocenters. The Balaban J connectivity index is 1.69. The molecule has 3 aromatic rings. The van der Waals surface area contributed by atoms with Crippen molar-refractivity contribution in [2.75, 3.05) is 18.9 Å². The van der Waals surface area contributed by atoms with Crippen molar-refractivity contribution in [2.24, 2.45) is 0 Å². The van der Waals surface area contributed by atoms with Crippen LogP contribution < -0.4 is 5.32 Å². The fraction of sp³-hybridized carbons (Fsp3) is 0.250. The topological polar surface area (TPSA) is 62.3 Å². The van der Waals surface area contributed by atoms with Gasteiger partial charge in [0, 0.05) is 18.3 Å². The molecule has 1 N–H and O–H groups in total. The summed E-state index contributed by atoms with van der Waals surface area (Å²) in [6.07, 6.45) is 0. The van der Waals surface area contributed by atoms with E-state index in [2.05, 4.69) is 10.3 Å². The van der Waals surface area contributed by atoms with Gasteiger partial charge in [0.05, 0.1) is 22.3 Å². The molecule has 0 aliphatic carbocycles. The van der Waals surface area contributed by atoms with E-state index in [1.807, 2.05) is 45.0 Å². The minimum Gasteiger partial charge on any atom is -0.332 e. The Labute approximate surface area is 156 Å². The summed E-state index contributed by atoms with van der Waals surface area (Å²) in [7, 11) is 1.63. The van der Waals surface area contributed by atoms with Gasteiger partial charge in [0.2, 0.25) is 5.91 Å². The minimum absolute atomic E-state index is 0.00762. The predicted molar refractivity (Wildman–Crippen MR) is 106 cm³/mol. The molecule has 3 rings (SSSR count). The van der Waals surface area contributed by atoms with Crippen LogP contribution in [0.5, 0.6) is 0 Å². The lowest BCUT2D eigenvalue weighted by Gasteiger charge is -2.18. The van der Waals surface area contributed by atoms with Crippen LogP contribution >= 0.6 is 11.3 Å². The van der Waals surface area contributed by atoms with E-state index in [0.717, 1.165) is 32.6 Å². The molecule has 2 aromatic carbocycles. The van der Waals surface area contributed by atoms with Gasteiger partial charge in [-0.15, -0.1) is 11.3 Å². The molecule has 0 saturated heterocycles. The Morgan fingerprint density at radius 2 is 1.81 bits per heavy atom. The monoisotopic (exact) mass is 367 g/mol. The summed E-state index contributed by atoms with van der Waals surface area (Å²) in [6.45, 7) is 5.95. The van der Waals surface area contributed by atoms with E-state index in [0.29, 0.717) is 5.56 Å². The molecule has 5 nitrogen and oxygen atoms in total. The van der Waals surface area contributed by atoms with Crippen LogP contribution in [0.1, 0.15) is 27.0 Å². The van der Waals surface area contributed by atoms with Crippen LogP contribution in [0.4, 0.5) is 5.69 Å². The van der Waals surface area contributed by atoms with Crippen LogP contribution in [0.25, 0.3) is 10.2 Å². The van der Waals surface area contributed by atoms with E-state index in [9.17, 15) is 9.59 Å². The number of thiazole rings is 1. The predicted octanol–water partition coefficient (Wildman–Crippen LogP) is 3.93. The Bertz CT molecular complexity index is 971. The number of carbonyl (C=O) groups excluding carboxylic acids is 2. The zero-order valence-electron chi connectivity index (χ0n) is 15.3. The van der Waals surface area contributed by atoms with Gasteiger partial charge < -0.3 is 10.2 Å². The van der Waals surface area contributed by atoms with Gasteiger partial charge in [-0.1, -0.05) is 17.7 Å². The molecular weight excluding hydrogens is 346 g/mol.